The van der Waals surface area contributed by atoms with Gasteiger partial charge in [-0.25, -0.2) is 9.59 Å². The quantitative estimate of drug-likeness (QED) is 0.521. The molecule has 0 spiro atoms. The fraction of sp³-hybridized carbons (Fsp3) is 0. The van der Waals surface area contributed by atoms with Crippen LogP contribution in [0.5, 0.6) is 0 Å². The summed E-state index contributed by atoms with van der Waals surface area (Å²) in [5.41, 5.74) is 0. The molecular formula is C4H2O5. The maximum absolute atomic E-state index is 9.83. The van der Waals surface area contributed by atoms with E-state index in [0.717, 1.165) is 0 Å². The zero-order chi connectivity index (χ0) is 7.02. The molecule has 0 saturated heterocycles. The van der Waals surface area contributed by atoms with E-state index in [1.54, 1.807) is 0 Å². The summed E-state index contributed by atoms with van der Waals surface area (Å²) >= 11 is 0. The Kier molecular flexibility index (Phi) is 0.921. The Morgan fingerprint density at radius 2 is 1.44 bits per heavy atom. The highest BCUT2D eigenvalue weighted by Gasteiger charge is 2.37. The van der Waals surface area contributed by atoms with Crippen molar-refractivity contribution in [3.8, 4) is 0 Å². The van der Waals surface area contributed by atoms with Gasteiger partial charge in [0.1, 0.15) is 0 Å². The molecule has 48 valence electrons. The van der Waals surface area contributed by atoms with Gasteiger partial charge in [0.05, 0.1) is 0 Å². The molecule has 9 heavy (non-hydrogen) atoms. The zero-order valence-corrected chi connectivity index (χ0v) is 4.12. The number of hydrogen-bond acceptors (Lipinski definition) is 3. The highest BCUT2D eigenvalue weighted by molar-refractivity contribution is 6.01. The van der Waals surface area contributed by atoms with Crippen molar-refractivity contribution in [1.29, 1.82) is 0 Å². The second kappa shape index (κ2) is 1.48. The zero-order valence-electron chi connectivity index (χ0n) is 4.12. The molecule has 5 nitrogen and oxygen atoms in total. The summed E-state index contributed by atoms with van der Waals surface area (Å²) in [5, 5.41) is 16.1. The molecule has 0 fully saturated rings. The molecule has 2 N–H and O–H groups in total. The average molecular weight is 130 g/mol. The fourth-order valence-electron chi connectivity index (χ4n) is 0.358. The standard InChI is InChI=1S/C4H2O5/c5-3(6)1-2(9-1)4(7)8/h(H,5,6)(H,7,8). The maximum Gasteiger partial charge on any atom is 0.376 e. The molecule has 1 aliphatic rings. The molecule has 0 aromatic carbocycles. The smallest absolute Gasteiger partial charge is 0.376 e. The van der Waals surface area contributed by atoms with Gasteiger partial charge in [-0.05, 0) is 0 Å². The van der Waals surface area contributed by atoms with Gasteiger partial charge < -0.3 is 14.9 Å². The highest BCUT2D eigenvalue weighted by Crippen LogP contribution is 2.25. The van der Waals surface area contributed by atoms with Crippen molar-refractivity contribution in [2.45, 2.75) is 0 Å². The summed E-state index contributed by atoms with van der Waals surface area (Å²) in [6.07, 6.45) is 0. The van der Waals surface area contributed by atoms with Crippen molar-refractivity contribution >= 4 is 11.9 Å². The molecule has 1 heterocycles. The van der Waals surface area contributed by atoms with E-state index in [4.69, 9.17) is 10.2 Å². The lowest BCUT2D eigenvalue weighted by Crippen LogP contribution is -1.91. The highest BCUT2D eigenvalue weighted by atomic mass is 16.6. The number of aliphatic carboxylic acids is 2. The second-order valence-corrected chi connectivity index (χ2v) is 1.37. The summed E-state index contributed by atoms with van der Waals surface area (Å²) in [7, 11) is 0. The molecule has 0 unspecified atom stereocenters. The summed E-state index contributed by atoms with van der Waals surface area (Å²) in [5.74, 6) is -3.62. The van der Waals surface area contributed by atoms with Crippen LogP contribution in [0.4, 0.5) is 0 Å². The second-order valence-electron chi connectivity index (χ2n) is 1.37. The van der Waals surface area contributed by atoms with E-state index in [2.05, 4.69) is 4.74 Å². The van der Waals surface area contributed by atoms with Gasteiger partial charge in [-0.15, -0.1) is 0 Å². The number of carboxylic acid groups (broad SMARTS) is 2. The summed E-state index contributed by atoms with van der Waals surface area (Å²) < 4.78 is 4.07. The summed E-state index contributed by atoms with van der Waals surface area (Å²) in [6.45, 7) is 0. The van der Waals surface area contributed by atoms with E-state index in [-0.39, 0.29) is 0 Å². The van der Waals surface area contributed by atoms with E-state index < -0.39 is 23.5 Å². The summed E-state index contributed by atoms with van der Waals surface area (Å²) in [6, 6.07) is 0. The molecular weight excluding hydrogens is 128 g/mol. The molecule has 0 aromatic heterocycles. The van der Waals surface area contributed by atoms with Gasteiger partial charge in [0.15, 0.2) is 0 Å². The Labute approximate surface area is 49.2 Å². The number of carboxylic acids is 2. The van der Waals surface area contributed by atoms with Crippen LogP contribution in [0, 0.1) is 0 Å². The van der Waals surface area contributed by atoms with E-state index >= 15 is 0 Å². The Morgan fingerprint density at radius 1 is 1.11 bits per heavy atom. The van der Waals surface area contributed by atoms with E-state index in [1.165, 1.54) is 0 Å². The van der Waals surface area contributed by atoms with Gasteiger partial charge in [0, 0.05) is 0 Å². The first kappa shape index (κ1) is 5.61. The van der Waals surface area contributed by atoms with Crippen LogP contribution in [-0.2, 0) is 14.3 Å². The lowest BCUT2D eigenvalue weighted by atomic mass is 10.5. The van der Waals surface area contributed by atoms with Crippen LogP contribution in [0.2, 0.25) is 0 Å². The van der Waals surface area contributed by atoms with Crippen molar-refractivity contribution in [1.82, 2.24) is 0 Å². The lowest BCUT2D eigenvalue weighted by molar-refractivity contribution is -0.134. The monoisotopic (exact) mass is 130 g/mol. The molecule has 1 aliphatic heterocycles. The fourth-order valence-corrected chi connectivity index (χ4v) is 0.358. The van der Waals surface area contributed by atoms with Gasteiger partial charge in [-0.1, -0.05) is 0 Å². The predicted octanol–water partition coefficient (Wildman–Crippen LogP) is -0.603. The topological polar surface area (TPSA) is 87.1 Å². The average Bonchev–Trinajstić information content (AvgIpc) is 2.39. The van der Waals surface area contributed by atoms with Crippen LogP contribution in [0.15, 0.2) is 11.5 Å². The van der Waals surface area contributed by atoms with Crippen LogP contribution < -0.4 is 0 Å². The number of carbonyl (C=O) groups is 2. The predicted molar refractivity (Wildman–Crippen MR) is 23.4 cm³/mol. The first-order valence-corrected chi connectivity index (χ1v) is 2.01. The molecule has 0 aliphatic carbocycles. The molecule has 0 radical (unpaired) electrons. The molecule has 5 heteroatoms. The van der Waals surface area contributed by atoms with Crippen LogP contribution >= 0.6 is 0 Å². The van der Waals surface area contributed by atoms with Gasteiger partial charge >= 0.3 is 11.9 Å². The minimum atomic E-state index is -1.34. The first-order valence-electron chi connectivity index (χ1n) is 2.01. The number of ether oxygens (including phenoxy) is 1. The third-order valence-electron chi connectivity index (χ3n) is 0.757. The number of rotatable bonds is 2. The van der Waals surface area contributed by atoms with E-state index in [9.17, 15) is 9.59 Å². The lowest BCUT2D eigenvalue weighted by Gasteiger charge is -1.70. The van der Waals surface area contributed by atoms with Gasteiger partial charge in [-0.2, -0.15) is 0 Å². The van der Waals surface area contributed by atoms with Crippen molar-refractivity contribution in [3.05, 3.63) is 11.5 Å². The molecule has 0 amide bonds. The van der Waals surface area contributed by atoms with Crippen molar-refractivity contribution < 1.29 is 24.5 Å². The first-order chi connectivity index (χ1) is 4.13. The van der Waals surface area contributed by atoms with Gasteiger partial charge in [0.25, 0.3) is 11.5 Å². The Balaban J connectivity index is 2.71. The van der Waals surface area contributed by atoms with Crippen molar-refractivity contribution in [2.24, 2.45) is 0 Å². The number of hydrogen-bond donors (Lipinski definition) is 2. The third-order valence-corrected chi connectivity index (χ3v) is 0.757. The normalized spacial score (nSPS) is 14.7. The molecule has 0 saturated carbocycles. The van der Waals surface area contributed by atoms with Crippen molar-refractivity contribution in [3.63, 3.8) is 0 Å². The summed E-state index contributed by atoms with van der Waals surface area (Å²) in [4.78, 5) is 19.7. The Hall–Kier alpha value is -1.52. The van der Waals surface area contributed by atoms with E-state index in [1.807, 2.05) is 0 Å². The van der Waals surface area contributed by atoms with Crippen LogP contribution in [0.25, 0.3) is 0 Å². The molecule has 0 aromatic rings. The molecule has 1 rings (SSSR count). The minimum Gasteiger partial charge on any atom is -0.475 e. The van der Waals surface area contributed by atoms with E-state index in [0.29, 0.717) is 0 Å². The SMILES string of the molecule is O=C(O)C1=C(C(=O)O)O1. The van der Waals surface area contributed by atoms with Gasteiger partial charge in [-0.3, -0.25) is 0 Å². The Bertz CT molecular complexity index is 191. The van der Waals surface area contributed by atoms with Crippen LogP contribution in [0.1, 0.15) is 0 Å². The maximum atomic E-state index is 9.83. The molecule has 0 bridgehead atoms. The van der Waals surface area contributed by atoms with Crippen molar-refractivity contribution in [2.75, 3.05) is 0 Å². The minimum absolute atomic E-state index is 0.470. The Morgan fingerprint density at radius 3 is 1.56 bits per heavy atom. The van der Waals surface area contributed by atoms with Gasteiger partial charge in [0.2, 0.25) is 0 Å². The third kappa shape index (κ3) is 0.835. The van der Waals surface area contributed by atoms with Crippen LogP contribution in [-0.4, -0.2) is 22.2 Å². The van der Waals surface area contributed by atoms with Crippen LogP contribution in [0.3, 0.4) is 0 Å². The molecule has 0 atom stereocenters. The largest absolute Gasteiger partial charge is 0.475 e.